The van der Waals surface area contributed by atoms with Crippen molar-refractivity contribution in [3.8, 4) is 22.5 Å². The number of rotatable bonds is 8. The van der Waals surface area contributed by atoms with Crippen molar-refractivity contribution in [3.63, 3.8) is 0 Å². The minimum absolute atomic E-state index is 0.137. The summed E-state index contributed by atoms with van der Waals surface area (Å²) in [4.78, 5) is 24.0. The highest BCUT2D eigenvalue weighted by Gasteiger charge is 2.35. The zero-order valence-electron chi connectivity index (χ0n) is 31.7. The summed E-state index contributed by atoms with van der Waals surface area (Å²) in [7, 11) is 0. The molecule has 0 saturated heterocycles. The van der Waals surface area contributed by atoms with Crippen LogP contribution in [0, 0.1) is 11.6 Å². The molecule has 0 atom stereocenters. The third-order valence-electron chi connectivity index (χ3n) is 9.01. The number of nitrogens with two attached hydrogens (primary N) is 1. The lowest BCUT2D eigenvalue weighted by atomic mass is 10.0. The van der Waals surface area contributed by atoms with Crippen molar-refractivity contribution >= 4 is 39.2 Å². The van der Waals surface area contributed by atoms with Crippen LogP contribution in [0.15, 0.2) is 134 Å². The summed E-state index contributed by atoms with van der Waals surface area (Å²) < 4.78 is 106. The number of aromatic nitrogens is 6. The normalized spacial score (nSPS) is 11.4. The molecule has 0 unspecified atom stereocenters. The van der Waals surface area contributed by atoms with Gasteiger partial charge in [-0.05, 0) is 91.2 Å². The molecular weight excluding hydrogens is 828 g/mol. The van der Waals surface area contributed by atoms with Crippen LogP contribution in [0.1, 0.15) is 22.3 Å². The number of nitrogens with one attached hydrogen (secondary N) is 1. The van der Waals surface area contributed by atoms with E-state index in [2.05, 4.69) is 35.2 Å². The molecule has 0 radical (unpaired) electrons. The van der Waals surface area contributed by atoms with Crippen molar-refractivity contribution in [1.82, 2.24) is 29.9 Å². The Labute approximate surface area is 348 Å². The van der Waals surface area contributed by atoms with E-state index in [4.69, 9.17) is 17.3 Å². The lowest BCUT2D eigenvalue weighted by molar-refractivity contribution is -0.138. The predicted molar refractivity (Wildman–Crippen MR) is 218 cm³/mol. The highest BCUT2D eigenvalue weighted by Crippen LogP contribution is 2.38. The maximum absolute atomic E-state index is 13.8. The molecule has 4 aromatic carbocycles. The SMILES string of the molecule is FC(F)(F)c1cccnc1-c1ccc2c(Cl)ncnc2c1.Fc1ccccc1CCNc1ncnc2cc(-c3ncccc3C(F)(F)F)ccc12.NCCc1ccccc1F. The zero-order valence-corrected chi connectivity index (χ0v) is 32.4. The molecule has 0 bridgehead atoms. The van der Waals surface area contributed by atoms with Gasteiger partial charge < -0.3 is 11.1 Å². The fraction of sp³-hybridized carbons (Fsp3) is 0.136. The fourth-order valence-electron chi connectivity index (χ4n) is 6.12. The van der Waals surface area contributed by atoms with Crippen molar-refractivity contribution in [3.05, 3.63) is 173 Å². The highest BCUT2D eigenvalue weighted by molar-refractivity contribution is 6.34. The van der Waals surface area contributed by atoms with E-state index in [1.54, 1.807) is 54.6 Å². The first-order valence-corrected chi connectivity index (χ1v) is 18.7. The van der Waals surface area contributed by atoms with E-state index in [-0.39, 0.29) is 28.2 Å². The molecule has 0 spiro atoms. The quantitative estimate of drug-likeness (QED) is 0.115. The Bertz CT molecular complexity index is 2750. The van der Waals surface area contributed by atoms with E-state index < -0.39 is 23.5 Å². The van der Waals surface area contributed by atoms with E-state index in [0.717, 1.165) is 12.1 Å². The van der Waals surface area contributed by atoms with Gasteiger partial charge in [-0.15, -0.1) is 0 Å². The van der Waals surface area contributed by atoms with Crippen LogP contribution in [0.25, 0.3) is 44.3 Å². The maximum Gasteiger partial charge on any atom is 0.418 e. The molecule has 0 saturated carbocycles. The van der Waals surface area contributed by atoms with Gasteiger partial charge in [0.1, 0.15) is 35.3 Å². The lowest BCUT2D eigenvalue weighted by Crippen LogP contribution is -2.09. The van der Waals surface area contributed by atoms with Crippen LogP contribution in [0.4, 0.5) is 40.9 Å². The van der Waals surface area contributed by atoms with Crippen molar-refractivity contribution in [1.29, 1.82) is 0 Å². The van der Waals surface area contributed by atoms with Crippen LogP contribution in [-0.4, -0.2) is 43.0 Å². The molecule has 0 amide bonds. The third kappa shape index (κ3) is 11.1. The molecule has 0 fully saturated rings. The molecular formula is C44H33ClF8N8. The average Bonchev–Trinajstić information content (AvgIpc) is 3.25. The largest absolute Gasteiger partial charge is 0.418 e. The Balaban J connectivity index is 0.000000173. The molecule has 61 heavy (non-hydrogen) atoms. The van der Waals surface area contributed by atoms with Gasteiger partial charge in [-0.25, -0.2) is 28.7 Å². The number of hydrogen-bond acceptors (Lipinski definition) is 8. The van der Waals surface area contributed by atoms with E-state index in [1.807, 2.05) is 6.07 Å². The Morgan fingerprint density at radius 1 is 0.541 bits per heavy atom. The predicted octanol–water partition coefficient (Wildman–Crippen LogP) is 11.2. The summed E-state index contributed by atoms with van der Waals surface area (Å²) in [6.07, 6.45) is -2.67. The minimum Gasteiger partial charge on any atom is -0.369 e. The van der Waals surface area contributed by atoms with Gasteiger partial charge in [-0.3, -0.25) is 9.97 Å². The molecule has 4 aromatic heterocycles. The van der Waals surface area contributed by atoms with E-state index in [1.165, 1.54) is 61.4 Å². The summed E-state index contributed by atoms with van der Waals surface area (Å²) in [5, 5.41) is 4.63. The molecule has 3 N–H and O–H groups in total. The number of alkyl halides is 6. The van der Waals surface area contributed by atoms with Crippen molar-refractivity contribution in [2.24, 2.45) is 5.73 Å². The number of nitrogens with zero attached hydrogens (tertiary/aromatic N) is 6. The summed E-state index contributed by atoms with van der Waals surface area (Å²) in [6.45, 7) is 0.939. The fourth-order valence-corrected chi connectivity index (χ4v) is 6.32. The smallest absolute Gasteiger partial charge is 0.369 e. The van der Waals surface area contributed by atoms with Gasteiger partial charge >= 0.3 is 12.4 Å². The first-order chi connectivity index (χ1) is 29.2. The molecule has 0 aliphatic heterocycles. The van der Waals surface area contributed by atoms with Gasteiger partial charge in [0.05, 0.1) is 33.5 Å². The second-order valence-corrected chi connectivity index (χ2v) is 13.4. The molecule has 0 aliphatic rings. The van der Waals surface area contributed by atoms with Gasteiger partial charge in [0, 0.05) is 40.8 Å². The standard InChI is InChI=1S/C22H16F4N4.C14H7ClF3N3.C8H10FN/c23-18-6-2-1-4-14(18)9-11-28-21-16-8-7-15(12-19(16)29-13-30-21)20-17(22(24,25)26)5-3-10-27-20;15-13-9-4-3-8(6-11(9)20-7-21-13)12-10(14(16,17)18)2-1-5-19-12;9-8-4-2-1-3-7(8)5-6-10/h1-8,10,12-13H,9,11H2,(H,28,29,30);1-7H;1-4H,5-6,10H2. The number of halogens is 9. The van der Waals surface area contributed by atoms with Crippen LogP contribution in [-0.2, 0) is 25.2 Å². The first kappa shape index (κ1) is 43.9. The lowest BCUT2D eigenvalue weighted by Gasteiger charge is -2.13. The molecule has 8 aromatic rings. The Hall–Kier alpha value is -6.65. The van der Waals surface area contributed by atoms with Crippen molar-refractivity contribution < 1.29 is 35.1 Å². The minimum atomic E-state index is -4.51. The molecule has 8 rings (SSSR count). The van der Waals surface area contributed by atoms with Gasteiger partial charge in [0.15, 0.2) is 0 Å². The van der Waals surface area contributed by atoms with Crippen LogP contribution >= 0.6 is 11.6 Å². The molecule has 17 heteroatoms. The van der Waals surface area contributed by atoms with Crippen molar-refractivity contribution in [2.45, 2.75) is 25.2 Å². The van der Waals surface area contributed by atoms with E-state index >= 15 is 0 Å². The second-order valence-electron chi connectivity index (χ2n) is 13.0. The van der Waals surface area contributed by atoms with Gasteiger partial charge in [0.2, 0.25) is 0 Å². The molecule has 0 aliphatic carbocycles. The number of pyridine rings is 2. The van der Waals surface area contributed by atoms with Gasteiger partial charge in [0.25, 0.3) is 0 Å². The van der Waals surface area contributed by atoms with Gasteiger partial charge in [-0.2, -0.15) is 26.3 Å². The summed E-state index contributed by atoms with van der Waals surface area (Å²) in [5.41, 5.74) is 6.24. The Kier molecular flexibility index (Phi) is 14.1. The van der Waals surface area contributed by atoms with Crippen LogP contribution in [0.2, 0.25) is 5.15 Å². The monoisotopic (exact) mass is 860 g/mol. The van der Waals surface area contributed by atoms with Gasteiger partial charge in [-0.1, -0.05) is 60.1 Å². The van der Waals surface area contributed by atoms with Crippen molar-refractivity contribution in [2.75, 3.05) is 18.4 Å². The number of hydrogen-bond donors (Lipinski definition) is 2. The van der Waals surface area contributed by atoms with Crippen LogP contribution < -0.4 is 11.1 Å². The second kappa shape index (κ2) is 19.6. The highest BCUT2D eigenvalue weighted by atomic mass is 35.5. The van der Waals surface area contributed by atoms with E-state index in [9.17, 15) is 35.1 Å². The zero-order chi connectivity index (χ0) is 43.6. The summed E-state index contributed by atoms with van der Waals surface area (Å²) in [5.74, 6) is 0.0974. The summed E-state index contributed by atoms with van der Waals surface area (Å²) >= 11 is 5.91. The maximum atomic E-state index is 13.8. The first-order valence-electron chi connectivity index (χ1n) is 18.4. The number of anilines is 1. The summed E-state index contributed by atoms with van der Waals surface area (Å²) in [6, 6.07) is 27.1. The van der Waals surface area contributed by atoms with Crippen LogP contribution in [0.5, 0.6) is 0 Å². The average molecular weight is 861 g/mol. The van der Waals surface area contributed by atoms with E-state index in [0.29, 0.717) is 75.8 Å². The number of fused-ring (bicyclic) bond motifs is 2. The van der Waals surface area contributed by atoms with Crippen LogP contribution in [0.3, 0.4) is 0 Å². The third-order valence-corrected chi connectivity index (χ3v) is 9.31. The topological polar surface area (TPSA) is 115 Å². The number of benzene rings is 4. The molecule has 8 nitrogen and oxygen atoms in total. The Morgan fingerprint density at radius 2 is 1.03 bits per heavy atom. The molecule has 4 heterocycles. The molecule has 312 valence electrons. The Morgan fingerprint density at radius 3 is 1.56 bits per heavy atom.